The number of ether oxygens (including phenoxy) is 1. The molecule has 0 saturated heterocycles. The van der Waals surface area contributed by atoms with Gasteiger partial charge in [-0.25, -0.2) is 4.68 Å². The normalized spacial score (nSPS) is 12.3. The van der Waals surface area contributed by atoms with E-state index in [4.69, 9.17) is 9.16 Å². The van der Waals surface area contributed by atoms with Gasteiger partial charge in [0, 0.05) is 18.7 Å². The number of nitro groups is 1. The van der Waals surface area contributed by atoms with Crippen molar-refractivity contribution in [2.24, 2.45) is 0 Å². The molecule has 0 spiro atoms. The quantitative estimate of drug-likeness (QED) is 0.261. The monoisotopic (exact) mass is 420 g/mol. The van der Waals surface area contributed by atoms with Crippen molar-refractivity contribution in [2.45, 2.75) is 66.1 Å². The Kier molecular flexibility index (Phi) is 6.84. The molecule has 9 heteroatoms. The van der Waals surface area contributed by atoms with E-state index < -0.39 is 13.2 Å². The Morgan fingerprint density at radius 1 is 1.17 bits per heavy atom. The summed E-state index contributed by atoms with van der Waals surface area (Å²) in [6.07, 6.45) is 0.640. The fraction of sp³-hybridized carbons (Fsp3) is 0.600. The van der Waals surface area contributed by atoms with E-state index in [1.165, 1.54) is 4.68 Å². The summed E-state index contributed by atoms with van der Waals surface area (Å²) in [5, 5.41) is 16.1. The molecule has 0 aliphatic rings. The van der Waals surface area contributed by atoms with Crippen molar-refractivity contribution in [1.82, 2.24) is 14.8 Å². The van der Waals surface area contributed by atoms with Crippen LogP contribution >= 0.6 is 0 Å². The van der Waals surface area contributed by atoms with Crippen molar-refractivity contribution in [1.29, 1.82) is 0 Å². The van der Waals surface area contributed by atoms with Crippen LogP contribution in [0, 0.1) is 30.9 Å². The molecule has 0 radical (unpaired) electrons. The standard InChI is InChI=1S/C20H32N4O4Si/c1-14-10-11-17(15(2)21-14)23-16(3)18(24(25)26)19(22-23)27-12-9-13-28-29(7,8)20(4,5)6/h10-11H,9,12-13H2,1-8H3. The largest absolute Gasteiger partial charge is 0.472 e. The van der Waals surface area contributed by atoms with Crippen molar-refractivity contribution in [3.8, 4) is 11.6 Å². The van der Waals surface area contributed by atoms with E-state index in [0.717, 1.165) is 11.4 Å². The topological polar surface area (TPSA) is 92.3 Å². The SMILES string of the molecule is Cc1ccc(-n2nc(OCCCO[Si](C)(C)C(C)(C)C)c([N+](=O)[O-])c2C)c(C)n1. The van der Waals surface area contributed by atoms with E-state index in [9.17, 15) is 10.1 Å². The number of nitrogens with zero attached hydrogens (tertiary/aromatic N) is 4. The second-order valence-corrected chi connectivity index (χ2v) is 13.6. The molecule has 8 nitrogen and oxygen atoms in total. The number of rotatable bonds is 8. The lowest BCUT2D eigenvalue weighted by Crippen LogP contribution is -2.41. The fourth-order valence-electron chi connectivity index (χ4n) is 2.68. The Morgan fingerprint density at radius 3 is 2.38 bits per heavy atom. The first-order valence-electron chi connectivity index (χ1n) is 9.80. The van der Waals surface area contributed by atoms with Crippen LogP contribution < -0.4 is 4.74 Å². The molecule has 160 valence electrons. The molecule has 0 N–H and O–H groups in total. The minimum absolute atomic E-state index is 0.0276. The van der Waals surface area contributed by atoms with Gasteiger partial charge in [0.05, 0.1) is 22.9 Å². The Balaban J connectivity index is 2.12. The third-order valence-corrected chi connectivity index (χ3v) is 10.00. The third kappa shape index (κ3) is 5.21. The molecule has 0 amide bonds. The molecule has 0 bridgehead atoms. The highest BCUT2D eigenvalue weighted by molar-refractivity contribution is 6.74. The average Bonchev–Trinajstić information content (AvgIpc) is 2.90. The maximum Gasteiger partial charge on any atom is 0.353 e. The Morgan fingerprint density at radius 2 is 1.83 bits per heavy atom. The van der Waals surface area contributed by atoms with Crippen molar-refractivity contribution in [3.05, 3.63) is 39.3 Å². The average molecular weight is 421 g/mol. The van der Waals surface area contributed by atoms with Crippen molar-refractivity contribution < 1.29 is 14.1 Å². The molecule has 29 heavy (non-hydrogen) atoms. The van der Waals surface area contributed by atoms with Crippen LogP contribution in [-0.4, -0.2) is 41.2 Å². The second kappa shape index (κ2) is 8.62. The van der Waals surface area contributed by atoms with Crippen LogP contribution in [0.2, 0.25) is 18.1 Å². The highest BCUT2D eigenvalue weighted by Crippen LogP contribution is 2.36. The maximum absolute atomic E-state index is 11.6. The molecule has 0 aliphatic heterocycles. The molecule has 0 aromatic carbocycles. The summed E-state index contributed by atoms with van der Waals surface area (Å²) >= 11 is 0. The molecular formula is C20H32N4O4Si. The van der Waals surface area contributed by atoms with Gasteiger partial charge in [0.1, 0.15) is 5.69 Å². The van der Waals surface area contributed by atoms with E-state index in [1.807, 2.05) is 26.0 Å². The zero-order chi connectivity index (χ0) is 22.0. The number of hydrogen-bond acceptors (Lipinski definition) is 6. The predicted molar refractivity (Wildman–Crippen MR) is 115 cm³/mol. The smallest absolute Gasteiger partial charge is 0.353 e. The summed E-state index contributed by atoms with van der Waals surface area (Å²) in [4.78, 5) is 15.6. The Bertz CT molecular complexity index is 887. The van der Waals surface area contributed by atoms with Crippen molar-refractivity contribution in [3.63, 3.8) is 0 Å². The van der Waals surface area contributed by atoms with Crippen LogP contribution in [0.5, 0.6) is 5.88 Å². The molecule has 0 aliphatic carbocycles. The number of pyridine rings is 1. The summed E-state index contributed by atoms with van der Waals surface area (Å²) in [6.45, 7) is 17.2. The zero-order valence-corrected chi connectivity index (χ0v) is 19.7. The number of aryl methyl sites for hydroxylation is 2. The maximum atomic E-state index is 11.6. The van der Waals surface area contributed by atoms with Crippen LogP contribution in [0.1, 0.15) is 44.3 Å². The summed E-state index contributed by atoms with van der Waals surface area (Å²) in [5.41, 5.74) is 2.63. The first-order valence-corrected chi connectivity index (χ1v) is 12.7. The van der Waals surface area contributed by atoms with Gasteiger partial charge in [-0.05, 0) is 51.0 Å². The van der Waals surface area contributed by atoms with Crippen molar-refractivity contribution >= 4 is 14.0 Å². The predicted octanol–water partition coefficient (Wildman–Crippen LogP) is 4.89. The lowest BCUT2D eigenvalue weighted by Gasteiger charge is -2.36. The molecule has 2 heterocycles. The Hall–Kier alpha value is -2.26. The highest BCUT2D eigenvalue weighted by Gasteiger charge is 2.36. The van der Waals surface area contributed by atoms with Gasteiger partial charge in [-0.1, -0.05) is 20.8 Å². The molecule has 0 fully saturated rings. The minimum Gasteiger partial charge on any atom is -0.472 e. The molecule has 2 aromatic rings. The van der Waals surface area contributed by atoms with Gasteiger partial charge in [-0.15, -0.1) is 5.10 Å². The third-order valence-electron chi connectivity index (χ3n) is 5.46. The summed E-state index contributed by atoms with van der Waals surface area (Å²) in [7, 11) is -1.81. The van der Waals surface area contributed by atoms with E-state index in [-0.39, 0.29) is 16.6 Å². The number of aromatic nitrogens is 3. The van der Waals surface area contributed by atoms with E-state index in [1.54, 1.807) is 6.92 Å². The lowest BCUT2D eigenvalue weighted by molar-refractivity contribution is -0.386. The van der Waals surface area contributed by atoms with Crippen LogP contribution in [-0.2, 0) is 4.43 Å². The van der Waals surface area contributed by atoms with Gasteiger partial charge in [0.2, 0.25) is 0 Å². The van der Waals surface area contributed by atoms with Crippen LogP contribution in [0.25, 0.3) is 5.69 Å². The van der Waals surface area contributed by atoms with Gasteiger partial charge in [0.25, 0.3) is 0 Å². The van der Waals surface area contributed by atoms with Gasteiger partial charge in [-0.3, -0.25) is 15.1 Å². The Labute approximate surface area is 173 Å². The van der Waals surface area contributed by atoms with E-state index in [0.29, 0.717) is 31.0 Å². The molecule has 0 unspecified atom stereocenters. The summed E-state index contributed by atoms with van der Waals surface area (Å²) in [6, 6.07) is 3.71. The van der Waals surface area contributed by atoms with Crippen LogP contribution in [0.4, 0.5) is 5.69 Å². The molecule has 2 aromatic heterocycles. The van der Waals surface area contributed by atoms with Gasteiger partial charge in [0.15, 0.2) is 8.32 Å². The van der Waals surface area contributed by atoms with Gasteiger partial charge < -0.3 is 9.16 Å². The lowest BCUT2D eigenvalue weighted by atomic mass is 10.2. The van der Waals surface area contributed by atoms with Gasteiger partial charge in [-0.2, -0.15) is 0 Å². The minimum atomic E-state index is -1.81. The first kappa shape index (κ1) is 23.0. The highest BCUT2D eigenvalue weighted by atomic mass is 28.4. The molecule has 0 atom stereocenters. The van der Waals surface area contributed by atoms with E-state index >= 15 is 0 Å². The van der Waals surface area contributed by atoms with Crippen LogP contribution in [0.3, 0.4) is 0 Å². The molecule has 2 rings (SSSR count). The first-order chi connectivity index (χ1) is 13.3. The van der Waals surface area contributed by atoms with Crippen LogP contribution in [0.15, 0.2) is 12.1 Å². The summed E-state index contributed by atoms with van der Waals surface area (Å²) in [5.74, 6) is 0.0276. The van der Waals surface area contributed by atoms with Crippen molar-refractivity contribution in [2.75, 3.05) is 13.2 Å². The fourth-order valence-corrected chi connectivity index (χ4v) is 3.77. The summed E-state index contributed by atoms with van der Waals surface area (Å²) < 4.78 is 13.3. The number of hydrogen-bond donors (Lipinski definition) is 0. The zero-order valence-electron chi connectivity index (χ0n) is 18.7. The molecular weight excluding hydrogens is 388 g/mol. The second-order valence-electron chi connectivity index (χ2n) is 8.78. The van der Waals surface area contributed by atoms with E-state index in [2.05, 4.69) is 43.9 Å². The molecule has 0 saturated carbocycles. The van der Waals surface area contributed by atoms with Gasteiger partial charge >= 0.3 is 11.6 Å².